The molecule has 2 heterocycles. The van der Waals surface area contributed by atoms with Gasteiger partial charge in [-0.15, -0.1) is 11.6 Å². The smallest absolute Gasteiger partial charge is 0.0648 e. The highest BCUT2D eigenvalue weighted by Crippen LogP contribution is 2.33. The Morgan fingerprint density at radius 2 is 2.33 bits per heavy atom. The van der Waals surface area contributed by atoms with E-state index < -0.39 is 0 Å². The van der Waals surface area contributed by atoms with Crippen molar-refractivity contribution in [1.82, 2.24) is 4.98 Å². The van der Waals surface area contributed by atoms with Gasteiger partial charge in [-0.25, -0.2) is 0 Å². The third kappa shape index (κ3) is 2.10. The van der Waals surface area contributed by atoms with Crippen molar-refractivity contribution in [2.45, 2.75) is 38.1 Å². The second kappa shape index (κ2) is 4.01. The van der Waals surface area contributed by atoms with Crippen LogP contribution in [0.5, 0.6) is 0 Å². The molecule has 0 radical (unpaired) electrons. The van der Waals surface area contributed by atoms with Gasteiger partial charge in [-0.2, -0.15) is 0 Å². The maximum absolute atomic E-state index is 5.80. The number of nitrogens with zero attached hydrogens (tertiary/aromatic N) is 2. The van der Waals surface area contributed by atoms with E-state index in [0.29, 0.717) is 5.88 Å². The summed E-state index contributed by atoms with van der Waals surface area (Å²) in [6.45, 7) is 5.72. The van der Waals surface area contributed by atoms with Gasteiger partial charge in [0.05, 0.1) is 11.6 Å². The molecule has 1 aromatic rings. The summed E-state index contributed by atoms with van der Waals surface area (Å²) in [5, 5.41) is 0. The van der Waals surface area contributed by atoms with Crippen LogP contribution < -0.4 is 4.90 Å². The molecule has 1 aliphatic heterocycles. The zero-order valence-corrected chi connectivity index (χ0v) is 10.1. The summed E-state index contributed by atoms with van der Waals surface area (Å²) in [5.41, 5.74) is 2.48. The van der Waals surface area contributed by atoms with Gasteiger partial charge in [0, 0.05) is 24.0 Å². The second-order valence-electron chi connectivity index (χ2n) is 4.71. The first-order chi connectivity index (χ1) is 7.13. The number of pyridine rings is 1. The number of halogens is 1. The first-order valence-electron chi connectivity index (χ1n) is 5.42. The van der Waals surface area contributed by atoms with Crippen LogP contribution >= 0.6 is 11.6 Å². The summed E-state index contributed by atoms with van der Waals surface area (Å²) in [6, 6.07) is 4.17. The molecule has 1 saturated heterocycles. The fourth-order valence-corrected chi connectivity index (χ4v) is 2.44. The molecule has 3 heteroatoms. The Bertz CT molecular complexity index is 349. The summed E-state index contributed by atoms with van der Waals surface area (Å²) < 4.78 is 0. The highest BCUT2D eigenvalue weighted by molar-refractivity contribution is 6.16. The quantitative estimate of drug-likeness (QED) is 0.718. The van der Waals surface area contributed by atoms with Crippen LogP contribution in [0.1, 0.15) is 32.4 Å². The minimum absolute atomic E-state index is 0.269. The Morgan fingerprint density at radius 1 is 1.53 bits per heavy atom. The molecule has 0 N–H and O–H groups in total. The van der Waals surface area contributed by atoms with Crippen molar-refractivity contribution < 1.29 is 0 Å². The van der Waals surface area contributed by atoms with Gasteiger partial charge in [0.2, 0.25) is 0 Å². The molecule has 2 rings (SSSR count). The summed E-state index contributed by atoms with van der Waals surface area (Å²) in [6.07, 6.45) is 4.37. The molecule has 1 aliphatic rings. The average molecular weight is 225 g/mol. The maximum atomic E-state index is 5.80. The molecule has 1 aromatic heterocycles. The third-order valence-electron chi connectivity index (χ3n) is 3.15. The molecule has 0 spiro atoms. The van der Waals surface area contributed by atoms with E-state index in [4.69, 9.17) is 11.6 Å². The van der Waals surface area contributed by atoms with Crippen LogP contribution in [0, 0.1) is 0 Å². The molecular formula is C12H17ClN2. The van der Waals surface area contributed by atoms with E-state index in [9.17, 15) is 0 Å². The predicted octanol–water partition coefficient (Wildman–Crippen LogP) is 3.20. The molecule has 0 atom stereocenters. The Hall–Kier alpha value is -0.760. The lowest BCUT2D eigenvalue weighted by Crippen LogP contribution is -2.38. The minimum atomic E-state index is 0.269. The van der Waals surface area contributed by atoms with Crippen LogP contribution in [0.4, 0.5) is 5.69 Å². The molecular weight excluding hydrogens is 208 g/mol. The topological polar surface area (TPSA) is 16.1 Å². The lowest BCUT2D eigenvalue weighted by Gasteiger charge is -2.33. The lowest BCUT2D eigenvalue weighted by molar-refractivity contribution is 0.518. The van der Waals surface area contributed by atoms with Gasteiger partial charge in [-0.3, -0.25) is 4.98 Å². The maximum Gasteiger partial charge on any atom is 0.0648 e. The van der Waals surface area contributed by atoms with Crippen LogP contribution in [-0.2, 0) is 5.88 Å². The zero-order chi connectivity index (χ0) is 10.9. The number of hydrogen-bond donors (Lipinski definition) is 0. The number of anilines is 1. The molecule has 82 valence electrons. The SMILES string of the molecule is CC1(C)CCCN1c1ccnc(CCl)c1. The van der Waals surface area contributed by atoms with Crippen molar-refractivity contribution in [3.63, 3.8) is 0 Å². The number of hydrogen-bond acceptors (Lipinski definition) is 2. The number of alkyl halides is 1. The van der Waals surface area contributed by atoms with Crippen LogP contribution in [-0.4, -0.2) is 17.1 Å². The average Bonchev–Trinajstić information content (AvgIpc) is 2.58. The van der Waals surface area contributed by atoms with E-state index in [1.54, 1.807) is 0 Å². The number of rotatable bonds is 2. The predicted molar refractivity (Wildman–Crippen MR) is 64.5 cm³/mol. The highest BCUT2D eigenvalue weighted by Gasteiger charge is 2.31. The molecule has 2 nitrogen and oxygen atoms in total. The van der Waals surface area contributed by atoms with E-state index in [-0.39, 0.29) is 5.54 Å². The summed E-state index contributed by atoms with van der Waals surface area (Å²) in [4.78, 5) is 6.67. The van der Waals surface area contributed by atoms with Crippen molar-refractivity contribution in [3.8, 4) is 0 Å². The summed E-state index contributed by atoms with van der Waals surface area (Å²) in [7, 11) is 0. The molecule has 1 fully saturated rings. The van der Waals surface area contributed by atoms with Gasteiger partial charge in [0.15, 0.2) is 0 Å². The third-order valence-corrected chi connectivity index (χ3v) is 3.42. The molecule has 15 heavy (non-hydrogen) atoms. The van der Waals surface area contributed by atoms with E-state index in [0.717, 1.165) is 12.2 Å². The van der Waals surface area contributed by atoms with E-state index in [1.807, 2.05) is 6.20 Å². The number of aromatic nitrogens is 1. The minimum Gasteiger partial charge on any atom is -0.366 e. The summed E-state index contributed by atoms with van der Waals surface area (Å²) >= 11 is 5.80. The highest BCUT2D eigenvalue weighted by atomic mass is 35.5. The van der Waals surface area contributed by atoms with Crippen molar-refractivity contribution >= 4 is 17.3 Å². The fraction of sp³-hybridized carbons (Fsp3) is 0.583. The molecule has 0 aliphatic carbocycles. The normalized spacial score (nSPS) is 19.5. The molecule has 0 saturated carbocycles. The Kier molecular flexibility index (Phi) is 2.87. The largest absolute Gasteiger partial charge is 0.366 e. The van der Waals surface area contributed by atoms with E-state index >= 15 is 0 Å². The Labute approximate surface area is 96.3 Å². The second-order valence-corrected chi connectivity index (χ2v) is 4.97. The first kappa shape index (κ1) is 10.7. The van der Waals surface area contributed by atoms with Crippen LogP contribution in [0.3, 0.4) is 0 Å². The molecule has 0 aromatic carbocycles. The van der Waals surface area contributed by atoms with Gasteiger partial charge in [0.1, 0.15) is 0 Å². The summed E-state index contributed by atoms with van der Waals surface area (Å²) in [5.74, 6) is 0.488. The van der Waals surface area contributed by atoms with Crippen molar-refractivity contribution in [3.05, 3.63) is 24.0 Å². The van der Waals surface area contributed by atoms with Crippen molar-refractivity contribution in [1.29, 1.82) is 0 Å². The van der Waals surface area contributed by atoms with Crippen molar-refractivity contribution in [2.75, 3.05) is 11.4 Å². The van der Waals surface area contributed by atoms with E-state index in [2.05, 4.69) is 35.9 Å². The van der Waals surface area contributed by atoms with Crippen molar-refractivity contribution in [2.24, 2.45) is 0 Å². The van der Waals surface area contributed by atoms with E-state index in [1.165, 1.54) is 18.5 Å². The van der Waals surface area contributed by atoms with Gasteiger partial charge in [-0.1, -0.05) is 0 Å². The fourth-order valence-electron chi connectivity index (χ4n) is 2.29. The van der Waals surface area contributed by atoms with Crippen LogP contribution in [0.2, 0.25) is 0 Å². The van der Waals surface area contributed by atoms with Gasteiger partial charge < -0.3 is 4.90 Å². The molecule has 0 amide bonds. The standard InChI is InChI=1S/C12H17ClN2/c1-12(2)5-3-7-15(12)11-4-6-14-10(8-11)9-13/h4,6,8H,3,5,7,9H2,1-2H3. The molecule has 0 bridgehead atoms. The first-order valence-corrected chi connectivity index (χ1v) is 5.95. The van der Waals surface area contributed by atoms with Gasteiger partial charge in [-0.05, 0) is 38.8 Å². The van der Waals surface area contributed by atoms with Crippen LogP contribution in [0.25, 0.3) is 0 Å². The molecule has 0 unspecified atom stereocenters. The Morgan fingerprint density at radius 3 is 2.93 bits per heavy atom. The van der Waals surface area contributed by atoms with Gasteiger partial charge >= 0.3 is 0 Å². The zero-order valence-electron chi connectivity index (χ0n) is 9.33. The van der Waals surface area contributed by atoms with Gasteiger partial charge in [0.25, 0.3) is 0 Å². The monoisotopic (exact) mass is 224 g/mol. The van der Waals surface area contributed by atoms with Crippen LogP contribution in [0.15, 0.2) is 18.3 Å². The lowest BCUT2D eigenvalue weighted by atomic mass is 10.0. The Balaban J connectivity index is 2.29.